The second kappa shape index (κ2) is 7.06. The summed E-state index contributed by atoms with van der Waals surface area (Å²) < 4.78 is 0. The highest BCUT2D eigenvalue weighted by molar-refractivity contribution is 5.30. The smallest absolute Gasteiger partial charge is 0.0236 e. The van der Waals surface area contributed by atoms with Crippen molar-refractivity contribution < 1.29 is 0 Å². The zero-order valence-electron chi connectivity index (χ0n) is 13.3. The summed E-state index contributed by atoms with van der Waals surface area (Å²) in [5.74, 6) is 0. The van der Waals surface area contributed by atoms with Crippen molar-refractivity contribution in [3.63, 3.8) is 0 Å². The molecule has 0 amide bonds. The Balaban J connectivity index is 2.80. The average Bonchev–Trinajstić information content (AvgIpc) is 2.34. The van der Waals surface area contributed by atoms with E-state index in [0.29, 0.717) is 0 Å². The van der Waals surface area contributed by atoms with E-state index >= 15 is 0 Å². The van der Waals surface area contributed by atoms with Crippen molar-refractivity contribution in [2.45, 2.75) is 47.6 Å². The van der Waals surface area contributed by atoms with Crippen molar-refractivity contribution >= 4 is 0 Å². The highest BCUT2D eigenvalue weighted by Gasteiger charge is 2.20. The second-order valence-electron chi connectivity index (χ2n) is 6.51. The van der Waals surface area contributed by atoms with Crippen LogP contribution in [0.4, 0.5) is 0 Å². The molecule has 0 saturated heterocycles. The molecule has 0 atom stereocenters. The Kier molecular flexibility index (Phi) is 6.02. The van der Waals surface area contributed by atoms with Crippen LogP contribution >= 0.6 is 0 Å². The predicted octanol–water partition coefficient (Wildman–Crippen LogP) is 3.50. The molecule has 0 fully saturated rings. The highest BCUT2D eigenvalue weighted by Crippen LogP contribution is 2.19. The first-order valence-electron chi connectivity index (χ1n) is 7.36. The van der Waals surface area contributed by atoms with Gasteiger partial charge in [-0.15, -0.1) is 0 Å². The van der Waals surface area contributed by atoms with Crippen molar-refractivity contribution in [1.29, 1.82) is 0 Å². The minimum absolute atomic E-state index is 0.187. The maximum atomic E-state index is 5.87. The van der Waals surface area contributed by atoms with Gasteiger partial charge in [-0.05, 0) is 49.9 Å². The lowest BCUT2D eigenvalue weighted by atomic mass is 9.92. The van der Waals surface area contributed by atoms with Crippen molar-refractivity contribution in [3.05, 3.63) is 34.9 Å². The number of nitrogens with two attached hydrogens (primary N) is 1. The fraction of sp³-hybridized carbons (Fsp3) is 0.647. The first kappa shape index (κ1) is 16.2. The standard InChI is InChI=1S/C17H30N2/c1-6-9-19(13-17(4,5)12-18)11-16-10-14(2)7-8-15(16)3/h7-8,10H,6,9,11-13,18H2,1-5H3. The molecule has 2 nitrogen and oxygen atoms in total. The van der Waals surface area contributed by atoms with E-state index in [0.717, 1.165) is 26.2 Å². The maximum absolute atomic E-state index is 5.87. The lowest BCUT2D eigenvalue weighted by Crippen LogP contribution is -2.39. The molecular formula is C17H30N2. The zero-order chi connectivity index (χ0) is 14.5. The molecule has 0 bridgehead atoms. The van der Waals surface area contributed by atoms with Gasteiger partial charge >= 0.3 is 0 Å². The normalized spacial score (nSPS) is 12.2. The van der Waals surface area contributed by atoms with Crippen LogP contribution in [0, 0.1) is 19.3 Å². The van der Waals surface area contributed by atoms with E-state index in [-0.39, 0.29) is 5.41 Å². The van der Waals surface area contributed by atoms with Gasteiger partial charge in [-0.25, -0.2) is 0 Å². The van der Waals surface area contributed by atoms with Gasteiger partial charge in [0.15, 0.2) is 0 Å². The van der Waals surface area contributed by atoms with Gasteiger partial charge in [-0.1, -0.05) is 44.5 Å². The molecule has 1 aromatic rings. The summed E-state index contributed by atoms with van der Waals surface area (Å²) in [6.07, 6.45) is 1.19. The van der Waals surface area contributed by atoms with Crippen molar-refractivity contribution in [3.8, 4) is 0 Å². The van der Waals surface area contributed by atoms with Crippen LogP contribution in [-0.2, 0) is 6.54 Å². The van der Waals surface area contributed by atoms with E-state index in [1.807, 2.05) is 0 Å². The first-order chi connectivity index (χ1) is 8.88. The van der Waals surface area contributed by atoms with E-state index in [1.165, 1.54) is 23.1 Å². The lowest BCUT2D eigenvalue weighted by Gasteiger charge is -2.32. The summed E-state index contributed by atoms with van der Waals surface area (Å²) >= 11 is 0. The maximum Gasteiger partial charge on any atom is 0.0236 e. The van der Waals surface area contributed by atoms with Crippen LogP contribution in [0.3, 0.4) is 0 Å². The summed E-state index contributed by atoms with van der Waals surface area (Å²) in [5, 5.41) is 0. The third-order valence-corrected chi connectivity index (χ3v) is 3.64. The van der Waals surface area contributed by atoms with Gasteiger partial charge in [0.25, 0.3) is 0 Å². The van der Waals surface area contributed by atoms with Crippen molar-refractivity contribution in [2.24, 2.45) is 11.1 Å². The number of hydrogen-bond acceptors (Lipinski definition) is 2. The molecule has 1 aromatic carbocycles. The van der Waals surface area contributed by atoms with Gasteiger partial charge in [0, 0.05) is 13.1 Å². The Morgan fingerprint density at radius 3 is 2.47 bits per heavy atom. The monoisotopic (exact) mass is 262 g/mol. The quantitative estimate of drug-likeness (QED) is 0.815. The van der Waals surface area contributed by atoms with Gasteiger partial charge in [0.05, 0.1) is 0 Å². The van der Waals surface area contributed by atoms with Crippen LogP contribution in [0.15, 0.2) is 18.2 Å². The van der Waals surface area contributed by atoms with Crippen LogP contribution in [0.1, 0.15) is 43.9 Å². The summed E-state index contributed by atoms with van der Waals surface area (Å²) in [5.41, 5.74) is 10.2. The number of nitrogens with zero attached hydrogens (tertiary/aromatic N) is 1. The molecule has 108 valence electrons. The number of hydrogen-bond donors (Lipinski definition) is 1. The van der Waals surface area contributed by atoms with E-state index in [9.17, 15) is 0 Å². The first-order valence-corrected chi connectivity index (χ1v) is 7.36. The molecule has 2 heteroatoms. The minimum atomic E-state index is 0.187. The van der Waals surface area contributed by atoms with E-state index < -0.39 is 0 Å². The molecule has 2 N–H and O–H groups in total. The minimum Gasteiger partial charge on any atom is -0.330 e. The second-order valence-corrected chi connectivity index (χ2v) is 6.51. The van der Waals surface area contributed by atoms with Crippen LogP contribution < -0.4 is 5.73 Å². The average molecular weight is 262 g/mol. The molecule has 1 rings (SSSR count). The predicted molar refractivity (Wildman–Crippen MR) is 84.3 cm³/mol. The van der Waals surface area contributed by atoms with Crippen molar-refractivity contribution in [2.75, 3.05) is 19.6 Å². The van der Waals surface area contributed by atoms with Crippen LogP contribution in [0.5, 0.6) is 0 Å². The topological polar surface area (TPSA) is 29.3 Å². The number of aryl methyl sites for hydroxylation is 2. The van der Waals surface area contributed by atoms with Gasteiger partial charge in [-0.2, -0.15) is 0 Å². The lowest BCUT2D eigenvalue weighted by molar-refractivity contribution is 0.175. The molecule has 0 aliphatic carbocycles. The highest BCUT2D eigenvalue weighted by atomic mass is 15.1. The molecular weight excluding hydrogens is 232 g/mol. The molecule has 0 unspecified atom stereocenters. The number of benzene rings is 1. The summed E-state index contributed by atoms with van der Waals surface area (Å²) in [6, 6.07) is 6.73. The number of rotatable bonds is 7. The molecule has 0 aromatic heterocycles. The molecule has 0 spiro atoms. The summed E-state index contributed by atoms with van der Waals surface area (Å²) in [7, 11) is 0. The Morgan fingerprint density at radius 1 is 1.21 bits per heavy atom. The summed E-state index contributed by atoms with van der Waals surface area (Å²) in [6.45, 7) is 15.1. The van der Waals surface area contributed by atoms with Crippen LogP contribution in [-0.4, -0.2) is 24.5 Å². The third kappa shape index (κ3) is 5.33. The molecule has 19 heavy (non-hydrogen) atoms. The SMILES string of the molecule is CCCN(Cc1cc(C)ccc1C)CC(C)(C)CN. The molecule has 0 aliphatic rings. The molecule has 0 saturated carbocycles. The van der Waals surface area contributed by atoms with Gasteiger partial charge in [0.1, 0.15) is 0 Å². The molecule has 0 aliphatic heterocycles. The fourth-order valence-corrected chi connectivity index (χ4v) is 2.41. The van der Waals surface area contributed by atoms with Gasteiger partial charge < -0.3 is 5.73 Å². The van der Waals surface area contributed by atoms with E-state index in [4.69, 9.17) is 5.73 Å². The van der Waals surface area contributed by atoms with E-state index in [2.05, 4.69) is 57.7 Å². The van der Waals surface area contributed by atoms with Crippen molar-refractivity contribution in [1.82, 2.24) is 4.90 Å². The largest absolute Gasteiger partial charge is 0.330 e. The van der Waals surface area contributed by atoms with E-state index in [1.54, 1.807) is 0 Å². The van der Waals surface area contributed by atoms with Gasteiger partial charge in [0.2, 0.25) is 0 Å². The summed E-state index contributed by atoms with van der Waals surface area (Å²) in [4.78, 5) is 2.54. The van der Waals surface area contributed by atoms with Crippen LogP contribution in [0.25, 0.3) is 0 Å². The third-order valence-electron chi connectivity index (χ3n) is 3.64. The Labute approximate surface area is 119 Å². The Morgan fingerprint density at radius 2 is 1.89 bits per heavy atom. The van der Waals surface area contributed by atoms with Gasteiger partial charge in [-0.3, -0.25) is 4.90 Å². The van der Waals surface area contributed by atoms with Crippen LogP contribution in [0.2, 0.25) is 0 Å². The zero-order valence-corrected chi connectivity index (χ0v) is 13.3. The molecule has 0 radical (unpaired) electrons. The fourth-order valence-electron chi connectivity index (χ4n) is 2.41. The Hall–Kier alpha value is -0.860. The Bertz CT molecular complexity index is 396. The molecule has 0 heterocycles.